The number of ether oxygens (including phenoxy) is 2. The first kappa shape index (κ1) is 24.2. The summed E-state index contributed by atoms with van der Waals surface area (Å²) in [6.07, 6.45) is 6.07. The van der Waals surface area contributed by atoms with Crippen LogP contribution in [-0.2, 0) is 19.1 Å². The summed E-state index contributed by atoms with van der Waals surface area (Å²) in [7, 11) is 0. The fourth-order valence-electron chi connectivity index (χ4n) is 1.24. The summed E-state index contributed by atoms with van der Waals surface area (Å²) in [6.45, 7) is 3.06. The maximum Gasteiger partial charge on any atom is 0.339 e. The van der Waals surface area contributed by atoms with Gasteiger partial charge in [0, 0.05) is 0 Å². The third-order valence-corrected chi connectivity index (χ3v) is 2.43. The van der Waals surface area contributed by atoms with Gasteiger partial charge in [-0.3, -0.25) is 0 Å². The monoisotopic (exact) mass is 376 g/mol. The summed E-state index contributed by atoms with van der Waals surface area (Å²) >= 11 is 0. The molecule has 0 bridgehead atoms. The second-order valence-corrected chi connectivity index (χ2v) is 4.71. The molecule has 0 aliphatic rings. The lowest BCUT2D eigenvalue weighted by Crippen LogP contribution is -2.27. The molecule has 0 amide bonds. The largest absolute Gasteiger partial charge is 0.458 e. The van der Waals surface area contributed by atoms with E-state index in [1.807, 2.05) is 13.8 Å². The van der Waals surface area contributed by atoms with Crippen molar-refractivity contribution in [2.24, 2.45) is 0 Å². The van der Waals surface area contributed by atoms with E-state index < -0.39 is 24.6 Å². The van der Waals surface area contributed by atoms with E-state index in [9.17, 15) is 14.7 Å². The number of allylic oxidation sites excluding steroid dienone is 2. The van der Waals surface area contributed by atoms with Crippen LogP contribution in [0.4, 0.5) is 0 Å². The van der Waals surface area contributed by atoms with Crippen molar-refractivity contribution in [1.82, 2.24) is 0 Å². The molecule has 0 saturated heterocycles. The first-order valence-corrected chi connectivity index (χ1v) is 8.44. The molecule has 0 aromatic heterocycles. The van der Waals surface area contributed by atoms with E-state index in [2.05, 4.69) is 57.3 Å². The van der Waals surface area contributed by atoms with Gasteiger partial charge in [0.2, 0.25) is 0 Å². The zero-order valence-electron chi connectivity index (χ0n) is 15.8. The summed E-state index contributed by atoms with van der Waals surface area (Å²) in [4.78, 5) is 23.0. The Bertz CT molecular complexity index is 950. The topological polar surface area (TPSA) is 72.8 Å². The van der Waals surface area contributed by atoms with Gasteiger partial charge in [0.15, 0.2) is 6.10 Å². The molecule has 0 spiro atoms. The minimum Gasteiger partial charge on any atom is -0.458 e. The lowest BCUT2D eigenvalue weighted by atomic mass is 10.4. The van der Waals surface area contributed by atoms with Crippen LogP contribution in [0.1, 0.15) is 26.7 Å². The van der Waals surface area contributed by atoms with E-state index in [0.717, 1.165) is 25.0 Å². The number of carbonyl (C=O) groups excluding carboxylic acids is 2. The molecule has 0 fully saturated rings. The lowest BCUT2D eigenvalue weighted by molar-refractivity contribution is -0.154. The zero-order valence-corrected chi connectivity index (χ0v) is 15.8. The van der Waals surface area contributed by atoms with Gasteiger partial charge in [-0.25, -0.2) is 9.59 Å². The smallest absolute Gasteiger partial charge is 0.339 e. The van der Waals surface area contributed by atoms with Gasteiger partial charge in [-0.05, 0) is 59.4 Å². The molecular formula is C23H20O5. The molecule has 142 valence electrons. The fraction of sp³-hybridized carbons (Fsp3) is 0.304. The van der Waals surface area contributed by atoms with Crippen LogP contribution in [0.5, 0.6) is 0 Å². The summed E-state index contributed by atoms with van der Waals surface area (Å²) < 4.78 is 9.73. The summed E-state index contributed by atoms with van der Waals surface area (Å²) in [6, 6.07) is 0. The van der Waals surface area contributed by atoms with Crippen molar-refractivity contribution in [2.45, 2.75) is 32.8 Å². The maximum atomic E-state index is 11.6. The van der Waals surface area contributed by atoms with Gasteiger partial charge in [0.25, 0.3) is 0 Å². The molecule has 1 N–H and O–H groups in total. The average Bonchev–Trinajstić information content (AvgIpc) is 2.69. The number of carbonyl (C=O) groups is 2. The lowest BCUT2D eigenvalue weighted by Gasteiger charge is -2.13. The van der Waals surface area contributed by atoms with Crippen LogP contribution >= 0.6 is 0 Å². The molecule has 1 atom stereocenters. The highest BCUT2D eigenvalue weighted by molar-refractivity contribution is 5.82. The van der Waals surface area contributed by atoms with Crippen molar-refractivity contribution in [3.8, 4) is 0 Å². The standard InChI is InChI=1S/C23H20O5/c1-3-5-7-9-11-13-15-17-22(25)27-20-21(19-24)28-23(26)18-16-14-12-10-8-6-4-2/h5-6,17-18,21,24H,3-4,19-20H2,1-2H3/t21-/m0/s1. The minimum atomic E-state index is -1.02. The highest BCUT2D eigenvalue weighted by Gasteiger charge is 2.13. The highest BCUT2D eigenvalue weighted by atomic mass is 16.6. The average molecular weight is 376 g/mol. The van der Waals surface area contributed by atoms with Gasteiger partial charge in [-0.1, -0.05) is 36.8 Å². The van der Waals surface area contributed by atoms with Crippen LogP contribution in [0.2, 0.25) is 0 Å². The SMILES string of the molecule is CCC=C=C=C=C=C=CC(=O)OC[C@H](CO)OC(=O)C=C=C=C=C=C=CCC. The Labute approximate surface area is 164 Å². The van der Waals surface area contributed by atoms with Crippen LogP contribution in [0.15, 0.2) is 81.6 Å². The van der Waals surface area contributed by atoms with Crippen LogP contribution in [0, 0.1) is 0 Å². The third kappa shape index (κ3) is 15.7. The van der Waals surface area contributed by atoms with Crippen molar-refractivity contribution in [3.63, 3.8) is 0 Å². The summed E-state index contributed by atoms with van der Waals surface area (Å²) in [5.74, 6) is -1.53. The Morgan fingerprint density at radius 2 is 1.32 bits per heavy atom. The Morgan fingerprint density at radius 1 is 0.821 bits per heavy atom. The number of aliphatic hydroxyl groups is 1. The number of esters is 2. The van der Waals surface area contributed by atoms with Crippen LogP contribution in [0.3, 0.4) is 0 Å². The van der Waals surface area contributed by atoms with E-state index in [1.165, 1.54) is 0 Å². The van der Waals surface area contributed by atoms with Crippen LogP contribution in [0.25, 0.3) is 0 Å². The number of rotatable bonds is 8. The first-order chi connectivity index (χ1) is 13.6. The van der Waals surface area contributed by atoms with Crippen molar-refractivity contribution in [1.29, 1.82) is 0 Å². The van der Waals surface area contributed by atoms with E-state index in [4.69, 9.17) is 9.47 Å². The Balaban J connectivity index is 4.75. The molecule has 5 heteroatoms. The van der Waals surface area contributed by atoms with Crippen molar-refractivity contribution in [3.05, 3.63) is 81.6 Å². The molecule has 28 heavy (non-hydrogen) atoms. The first-order valence-electron chi connectivity index (χ1n) is 8.44. The maximum absolute atomic E-state index is 11.6. The van der Waals surface area contributed by atoms with Gasteiger partial charge in [0.05, 0.1) is 18.8 Å². The molecule has 0 radical (unpaired) electrons. The minimum absolute atomic E-state index is 0.324. The zero-order chi connectivity index (χ0) is 20.9. The predicted octanol–water partition coefficient (Wildman–Crippen LogP) is 2.92. The normalized spacial score (nSPS) is 8.54. The second kappa shape index (κ2) is 18.0. The molecular weight excluding hydrogens is 356 g/mol. The highest BCUT2D eigenvalue weighted by Crippen LogP contribution is 1.95. The Kier molecular flexibility index (Phi) is 15.5. The van der Waals surface area contributed by atoms with Gasteiger partial charge < -0.3 is 14.6 Å². The predicted molar refractivity (Wildman–Crippen MR) is 102 cm³/mol. The van der Waals surface area contributed by atoms with Gasteiger partial charge >= 0.3 is 11.9 Å². The molecule has 0 aliphatic carbocycles. The van der Waals surface area contributed by atoms with Gasteiger partial charge in [0.1, 0.15) is 6.61 Å². The Morgan fingerprint density at radius 3 is 1.82 bits per heavy atom. The van der Waals surface area contributed by atoms with Crippen molar-refractivity contribution >= 4 is 11.9 Å². The van der Waals surface area contributed by atoms with Crippen LogP contribution < -0.4 is 0 Å². The number of aliphatic hydroxyl groups excluding tert-OH is 1. The van der Waals surface area contributed by atoms with E-state index >= 15 is 0 Å². The third-order valence-electron chi connectivity index (χ3n) is 2.43. The molecule has 0 aliphatic heterocycles. The van der Waals surface area contributed by atoms with E-state index in [-0.39, 0.29) is 6.61 Å². The molecule has 0 unspecified atom stereocenters. The molecule has 5 nitrogen and oxygen atoms in total. The molecule has 0 aromatic rings. The van der Waals surface area contributed by atoms with Gasteiger partial charge in [-0.15, -0.1) is 0 Å². The van der Waals surface area contributed by atoms with E-state index in [0.29, 0.717) is 0 Å². The van der Waals surface area contributed by atoms with Crippen molar-refractivity contribution < 1.29 is 24.2 Å². The van der Waals surface area contributed by atoms with E-state index in [1.54, 1.807) is 12.2 Å². The Hall–Kier alpha value is -3.82. The summed E-state index contributed by atoms with van der Waals surface area (Å²) in [5.41, 5.74) is 25.1. The molecule has 0 rings (SSSR count). The fourth-order valence-corrected chi connectivity index (χ4v) is 1.24. The van der Waals surface area contributed by atoms with Crippen molar-refractivity contribution in [2.75, 3.05) is 13.2 Å². The number of hydrogen-bond donors (Lipinski definition) is 1. The van der Waals surface area contributed by atoms with Gasteiger partial charge in [-0.2, -0.15) is 0 Å². The quantitative estimate of drug-likeness (QED) is 0.401. The molecule has 0 aromatic carbocycles. The number of hydrogen-bond acceptors (Lipinski definition) is 5. The molecule has 0 saturated carbocycles. The second-order valence-electron chi connectivity index (χ2n) is 4.71. The molecule has 0 heterocycles. The summed E-state index contributed by atoms with van der Waals surface area (Å²) in [5, 5.41) is 9.18. The van der Waals surface area contributed by atoms with Crippen LogP contribution in [-0.4, -0.2) is 36.4 Å².